The summed E-state index contributed by atoms with van der Waals surface area (Å²) in [6.07, 6.45) is 3.14. The molecule has 2 aromatic rings. The molecule has 1 fully saturated rings. The normalized spacial score (nSPS) is 14.6. The number of carbonyl (C=O) groups is 2. The number of thiophene rings is 1. The zero-order valence-corrected chi connectivity index (χ0v) is 15.2. The molecule has 0 aliphatic carbocycles. The summed E-state index contributed by atoms with van der Waals surface area (Å²) in [7, 11) is 0. The van der Waals surface area contributed by atoms with E-state index in [-0.39, 0.29) is 24.5 Å². The summed E-state index contributed by atoms with van der Waals surface area (Å²) >= 11 is 1.43. The number of hydrogen-bond acceptors (Lipinski definition) is 3. The van der Waals surface area contributed by atoms with Gasteiger partial charge in [-0.2, -0.15) is 0 Å². The Morgan fingerprint density at radius 3 is 2.48 bits per heavy atom. The quantitative estimate of drug-likeness (QED) is 0.712. The van der Waals surface area contributed by atoms with Crippen molar-refractivity contribution >= 4 is 23.0 Å². The Bertz CT molecular complexity index is 706. The molecular weight excluding hydrogens is 332 g/mol. The van der Waals surface area contributed by atoms with Crippen LogP contribution in [-0.2, 0) is 17.9 Å². The van der Waals surface area contributed by atoms with Gasteiger partial charge in [0.1, 0.15) is 6.54 Å². The van der Waals surface area contributed by atoms with Crippen molar-refractivity contribution in [3.63, 3.8) is 0 Å². The largest absolute Gasteiger partial charge is 0.352 e. The van der Waals surface area contributed by atoms with Crippen molar-refractivity contribution in [3.8, 4) is 0 Å². The molecule has 1 amide bonds. The van der Waals surface area contributed by atoms with Gasteiger partial charge >= 0.3 is 0 Å². The topological polar surface area (TPSA) is 50.6 Å². The first-order valence-corrected chi connectivity index (χ1v) is 9.84. The van der Waals surface area contributed by atoms with Crippen LogP contribution >= 0.6 is 11.3 Å². The fourth-order valence-electron chi connectivity index (χ4n) is 3.29. The minimum atomic E-state index is -0.0618. The van der Waals surface area contributed by atoms with Crippen molar-refractivity contribution in [1.29, 1.82) is 0 Å². The molecule has 1 aromatic heterocycles. The molecule has 3 rings (SSSR count). The summed E-state index contributed by atoms with van der Waals surface area (Å²) in [4.78, 5) is 26.4. The third-order valence-corrected chi connectivity index (χ3v) is 5.63. The van der Waals surface area contributed by atoms with E-state index in [1.54, 1.807) is 4.90 Å². The fourth-order valence-corrected chi connectivity index (χ4v) is 3.99. The minimum Gasteiger partial charge on any atom is -0.352 e. The molecule has 0 unspecified atom stereocenters. The average Bonchev–Trinajstić information content (AvgIpc) is 3.32. The lowest BCUT2D eigenvalue weighted by molar-refractivity contribution is -0.901. The van der Waals surface area contributed by atoms with Crippen molar-refractivity contribution in [3.05, 3.63) is 57.8 Å². The molecule has 1 saturated heterocycles. The maximum absolute atomic E-state index is 12.1. The van der Waals surface area contributed by atoms with Crippen LogP contribution in [0.4, 0.5) is 0 Å². The first-order chi connectivity index (χ1) is 12.2. The number of hydrogen-bond donors (Lipinski definition) is 2. The molecule has 0 radical (unpaired) electrons. The van der Waals surface area contributed by atoms with Gasteiger partial charge in [-0.25, -0.2) is 0 Å². The van der Waals surface area contributed by atoms with Gasteiger partial charge in [-0.3, -0.25) is 9.59 Å². The summed E-state index contributed by atoms with van der Waals surface area (Å²) in [5, 5.41) is 4.85. The van der Waals surface area contributed by atoms with Crippen molar-refractivity contribution in [2.24, 2.45) is 0 Å². The molecular formula is C20H25N2O2S+. The number of amides is 1. The Morgan fingerprint density at radius 1 is 1.00 bits per heavy atom. The van der Waals surface area contributed by atoms with Crippen LogP contribution in [0.25, 0.3) is 0 Å². The number of Topliss-reactive ketones (excluding diaryl/α,β-unsaturated/α-hetero) is 1. The van der Waals surface area contributed by atoms with Crippen molar-refractivity contribution in [1.82, 2.24) is 5.32 Å². The summed E-state index contributed by atoms with van der Waals surface area (Å²) < 4.78 is 0. The number of carbonyl (C=O) groups excluding carboxylic acids is 2. The monoisotopic (exact) mass is 357 g/mol. The summed E-state index contributed by atoms with van der Waals surface area (Å²) in [6, 6.07) is 12.0. The van der Waals surface area contributed by atoms with Crippen molar-refractivity contribution < 1.29 is 14.5 Å². The van der Waals surface area contributed by atoms with E-state index in [9.17, 15) is 9.59 Å². The van der Waals surface area contributed by atoms with E-state index < -0.39 is 0 Å². The van der Waals surface area contributed by atoms with Crippen LogP contribution < -0.4 is 10.2 Å². The maximum atomic E-state index is 12.1. The van der Waals surface area contributed by atoms with E-state index >= 15 is 0 Å². The molecule has 1 aliphatic heterocycles. The molecule has 0 atom stereocenters. The Morgan fingerprint density at radius 2 is 1.76 bits per heavy atom. The highest BCUT2D eigenvalue weighted by molar-refractivity contribution is 7.12. The van der Waals surface area contributed by atoms with Crippen molar-refractivity contribution in [2.75, 3.05) is 13.1 Å². The van der Waals surface area contributed by atoms with Crippen LogP contribution in [0.3, 0.4) is 0 Å². The summed E-state index contributed by atoms with van der Waals surface area (Å²) in [5.41, 5.74) is 2.49. The second-order valence-corrected chi connectivity index (χ2v) is 7.53. The highest BCUT2D eigenvalue weighted by Crippen LogP contribution is 2.12. The number of ketones is 1. The molecule has 2 heterocycles. The van der Waals surface area contributed by atoms with Crippen LogP contribution in [0.2, 0.25) is 0 Å². The van der Waals surface area contributed by atoms with Crippen LogP contribution in [0.1, 0.15) is 46.5 Å². The lowest BCUT2D eigenvalue weighted by atomic mass is 10.1. The second kappa shape index (κ2) is 8.92. The Hall–Kier alpha value is -1.98. The van der Waals surface area contributed by atoms with Crippen LogP contribution in [0, 0.1) is 0 Å². The number of nitrogens with one attached hydrogen (secondary N) is 2. The molecule has 0 spiro atoms. The number of likely N-dealkylation sites (tertiary alicyclic amines) is 1. The SMILES string of the molecule is O=C(CCC(=O)c1cccs1)NCc1ccccc1C[NH+]1CCCC1. The minimum absolute atomic E-state index is 0.0446. The van der Waals surface area contributed by atoms with Gasteiger partial charge in [-0.05, 0) is 17.0 Å². The van der Waals surface area contributed by atoms with Gasteiger partial charge in [0, 0.05) is 37.8 Å². The highest BCUT2D eigenvalue weighted by Gasteiger charge is 2.17. The maximum Gasteiger partial charge on any atom is 0.220 e. The van der Waals surface area contributed by atoms with Gasteiger partial charge in [0.25, 0.3) is 0 Å². The molecule has 2 N–H and O–H groups in total. The molecule has 132 valence electrons. The number of benzene rings is 1. The summed E-state index contributed by atoms with van der Waals surface area (Å²) in [5.74, 6) is -0.0172. The van der Waals surface area contributed by atoms with Crippen LogP contribution in [0.5, 0.6) is 0 Å². The molecule has 25 heavy (non-hydrogen) atoms. The van der Waals surface area contributed by atoms with E-state index in [1.165, 1.54) is 48.4 Å². The number of rotatable bonds is 8. The van der Waals surface area contributed by atoms with E-state index in [2.05, 4.69) is 23.5 Å². The van der Waals surface area contributed by atoms with E-state index in [0.29, 0.717) is 6.54 Å². The lowest BCUT2D eigenvalue weighted by Gasteiger charge is -2.15. The number of quaternary nitrogens is 1. The third-order valence-electron chi connectivity index (χ3n) is 4.72. The van der Waals surface area contributed by atoms with Gasteiger partial charge in [-0.1, -0.05) is 30.3 Å². The van der Waals surface area contributed by atoms with Gasteiger partial charge < -0.3 is 10.2 Å². The van der Waals surface area contributed by atoms with E-state index in [0.717, 1.165) is 11.4 Å². The highest BCUT2D eigenvalue weighted by atomic mass is 32.1. The fraction of sp³-hybridized carbons (Fsp3) is 0.400. The zero-order valence-electron chi connectivity index (χ0n) is 14.4. The van der Waals surface area contributed by atoms with E-state index in [4.69, 9.17) is 0 Å². The summed E-state index contributed by atoms with van der Waals surface area (Å²) in [6.45, 7) is 4.05. The second-order valence-electron chi connectivity index (χ2n) is 6.58. The predicted molar refractivity (Wildman–Crippen MR) is 99.8 cm³/mol. The van der Waals surface area contributed by atoms with E-state index in [1.807, 2.05) is 23.6 Å². The average molecular weight is 357 g/mol. The third kappa shape index (κ3) is 5.25. The Kier molecular flexibility index (Phi) is 6.36. The molecule has 4 nitrogen and oxygen atoms in total. The Labute approximate surface area is 152 Å². The van der Waals surface area contributed by atoms with Gasteiger partial charge in [0.2, 0.25) is 5.91 Å². The van der Waals surface area contributed by atoms with Gasteiger partial charge in [-0.15, -0.1) is 11.3 Å². The smallest absolute Gasteiger partial charge is 0.220 e. The van der Waals surface area contributed by atoms with Gasteiger partial charge in [0.05, 0.1) is 18.0 Å². The molecule has 1 aliphatic rings. The first kappa shape index (κ1) is 17.8. The molecule has 0 saturated carbocycles. The first-order valence-electron chi connectivity index (χ1n) is 8.96. The van der Waals surface area contributed by atoms with Crippen LogP contribution in [-0.4, -0.2) is 24.8 Å². The predicted octanol–water partition coefficient (Wildman–Crippen LogP) is 2.21. The van der Waals surface area contributed by atoms with Gasteiger partial charge in [0.15, 0.2) is 5.78 Å². The molecule has 1 aromatic carbocycles. The lowest BCUT2D eigenvalue weighted by Crippen LogP contribution is -3.08. The van der Waals surface area contributed by atoms with Crippen molar-refractivity contribution in [2.45, 2.75) is 38.8 Å². The molecule has 5 heteroatoms. The van der Waals surface area contributed by atoms with Crippen LogP contribution in [0.15, 0.2) is 41.8 Å². The molecule has 0 bridgehead atoms. The zero-order chi connectivity index (χ0) is 17.5. The standard InChI is InChI=1S/C20H24N2O2S/c23-18(19-8-5-13-25-19)9-10-20(24)21-14-16-6-1-2-7-17(16)15-22-11-3-4-12-22/h1-2,5-8,13H,3-4,9-12,14-15H2,(H,21,24)/p+1. The Balaban J connectivity index is 1.47.